The zero-order valence-electron chi connectivity index (χ0n) is 22.6. The van der Waals surface area contributed by atoms with Gasteiger partial charge in [0.05, 0.1) is 39.5 Å². The summed E-state index contributed by atoms with van der Waals surface area (Å²) in [6, 6.07) is 12.3. The summed E-state index contributed by atoms with van der Waals surface area (Å²) in [6.45, 7) is 9.20. The fourth-order valence-electron chi connectivity index (χ4n) is 4.65. The Morgan fingerprint density at radius 3 is 2.67 bits per heavy atom. The van der Waals surface area contributed by atoms with Gasteiger partial charge in [0.2, 0.25) is 5.91 Å². The molecule has 2 N–H and O–H groups in total. The van der Waals surface area contributed by atoms with Crippen LogP contribution in [0.4, 0.5) is 5.69 Å². The lowest BCUT2D eigenvalue weighted by atomic mass is 10.1. The van der Waals surface area contributed by atoms with Crippen LogP contribution < -0.4 is 15.4 Å². The predicted octanol–water partition coefficient (Wildman–Crippen LogP) is 4.60. The van der Waals surface area contributed by atoms with Crippen molar-refractivity contribution in [2.24, 2.45) is 0 Å². The van der Waals surface area contributed by atoms with Crippen molar-refractivity contribution >= 4 is 32.3 Å². The van der Waals surface area contributed by atoms with E-state index in [1.807, 2.05) is 56.8 Å². The number of hydrogen-bond donors (Lipinski definition) is 2. The molecule has 1 aliphatic rings. The number of carbonyl (C=O) groups is 1. The first-order valence-corrected chi connectivity index (χ1v) is 14.5. The SMILES string of the molecule is Cc1cc(CC(=O)Nc2cnn(C(C)(C)C)c2)ccc1Oc1ccnc2ccc(S(=O)(=O)C3CCNC3)cc12. The van der Waals surface area contributed by atoms with Crippen molar-refractivity contribution in [1.82, 2.24) is 20.1 Å². The number of ether oxygens (including phenoxy) is 1. The fraction of sp³-hybridized carbons (Fsp3) is 0.345. The summed E-state index contributed by atoms with van der Waals surface area (Å²) in [6.07, 6.45) is 5.91. The molecule has 2 aromatic heterocycles. The number of aromatic nitrogens is 3. The first-order valence-electron chi connectivity index (χ1n) is 13.0. The minimum absolute atomic E-state index is 0.136. The third-order valence-electron chi connectivity index (χ3n) is 6.83. The monoisotopic (exact) mass is 547 g/mol. The van der Waals surface area contributed by atoms with Crippen LogP contribution in [0.3, 0.4) is 0 Å². The number of fused-ring (bicyclic) bond motifs is 1. The van der Waals surface area contributed by atoms with E-state index in [4.69, 9.17) is 4.74 Å². The molecule has 204 valence electrons. The molecular weight excluding hydrogens is 514 g/mol. The molecule has 2 aromatic carbocycles. The minimum Gasteiger partial charge on any atom is -0.456 e. The number of anilines is 1. The molecule has 9 nitrogen and oxygen atoms in total. The molecule has 1 aliphatic heterocycles. The molecule has 1 atom stereocenters. The van der Waals surface area contributed by atoms with Gasteiger partial charge in [-0.3, -0.25) is 14.5 Å². The Morgan fingerprint density at radius 1 is 1.15 bits per heavy atom. The number of benzene rings is 2. The van der Waals surface area contributed by atoms with E-state index in [-0.39, 0.29) is 22.8 Å². The van der Waals surface area contributed by atoms with Crippen LogP contribution in [-0.2, 0) is 26.6 Å². The Morgan fingerprint density at radius 2 is 1.97 bits per heavy atom. The van der Waals surface area contributed by atoms with Gasteiger partial charge in [-0.15, -0.1) is 0 Å². The highest BCUT2D eigenvalue weighted by atomic mass is 32.2. The Labute approximate surface area is 228 Å². The summed E-state index contributed by atoms with van der Waals surface area (Å²) in [5.74, 6) is 1.00. The van der Waals surface area contributed by atoms with Gasteiger partial charge in [0, 0.05) is 24.3 Å². The van der Waals surface area contributed by atoms with Crippen LogP contribution in [0.5, 0.6) is 11.5 Å². The van der Waals surface area contributed by atoms with Gasteiger partial charge in [-0.1, -0.05) is 12.1 Å². The molecule has 5 rings (SSSR count). The Balaban J connectivity index is 1.32. The van der Waals surface area contributed by atoms with E-state index in [0.29, 0.717) is 47.6 Å². The van der Waals surface area contributed by atoms with Gasteiger partial charge in [-0.05, 0) is 82.1 Å². The molecule has 0 aliphatic carbocycles. The molecule has 0 saturated carbocycles. The molecule has 0 spiro atoms. The molecule has 3 heterocycles. The van der Waals surface area contributed by atoms with Crippen LogP contribution in [0.1, 0.15) is 38.3 Å². The van der Waals surface area contributed by atoms with Crippen LogP contribution in [0.15, 0.2) is 66.0 Å². The number of pyridine rings is 1. The highest BCUT2D eigenvalue weighted by molar-refractivity contribution is 7.92. The normalized spacial score (nSPS) is 15.9. The number of sulfone groups is 1. The van der Waals surface area contributed by atoms with Gasteiger partial charge in [-0.2, -0.15) is 5.10 Å². The van der Waals surface area contributed by atoms with Crippen LogP contribution in [-0.4, -0.2) is 47.4 Å². The molecule has 0 radical (unpaired) electrons. The molecule has 1 amide bonds. The first kappa shape index (κ1) is 26.8. The topological polar surface area (TPSA) is 115 Å². The first-order chi connectivity index (χ1) is 18.5. The van der Waals surface area contributed by atoms with Gasteiger partial charge < -0.3 is 15.4 Å². The summed E-state index contributed by atoms with van der Waals surface area (Å²) < 4.78 is 34.4. The third-order valence-corrected chi connectivity index (χ3v) is 9.02. The number of rotatable bonds is 7. The molecular formula is C29H33N5O4S. The number of hydrogen-bond acceptors (Lipinski definition) is 7. The van der Waals surface area contributed by atoms with E-state index in [1.54, 1.807) is 36.7 Å². The molecule has 1 saturated heterocycles. The van der Waals surface area contributed by atoms with Crippen molar-refractivity contribution in [2.75, 3.05) is 18.4 Å². The van der Waals surface area contributed by atoms with Crippen molar-refractivity contribution in [3.63, 3.8) is 0 Å². The predicted molar refractivity (Wildman–Crippen MR) is 151 cm³/mol. The van der Waals surface area contributed by atoms with Gasteiger partial charge in [0.1, 0.15) is 11.5 Å². The van der Waals surface area contributed by atoms with E-state index in [9.17, 15) is 13.2 Å². The van der Waals surface area contributed by atoms with Crippen molar-refractivity contribution in [2.45, 2.75) is 56.2 Å². The average molecular weight is 548 g/mol. The molecule has 4 aromatic rings. The largest absolute Gasteiger partial charge is 0.456 e. The standard InChI is InChI=1S/C29H33N5O4S/c1-19-13-20(14-28(35)33-21-16-32-34(18-21)29(2,3)4)5-8-26(19)38-27-10-12-31-25-7-6-22(15-24(25)27)39(36,37)23-9-11-30-17-23/h5-8,10,12-13,15-16,18,23,30H,9,11,14,17H2,1-4H3,(H,33,35). The summed E-state index contributed by atoms with van der Waals surface area (Å²) >= 11 is 0. The second kappa shape index (κ2) is 10.4. The highest BCUT2D eigenvalue weighted by Gasteiger charge is 2.30. The quantitative estimate of drug-likeness (QED) is 0.347. The zero-order chi connectivity index (χ0) is 27.8. The molecule has 39 heavy (non-hydrogen) atoms. The number of aryl methyl sites for hydroxylation is 1. The van der Waals surface area contributed by atoms with Gasteiger partial charge in [-0.25, -0.2) is 8.42 Å². The second-order valence-corrected chi connectivity index (χ2v) is 13.1. The second-order valence-electron chi connectivity index (χ2n) is 10.9. The van der Waals surface area contributed by atoms with Gasteiger partial charge in [0.25, 0.3) is 0 Å². The lowest BCUT2D eigenvalue weighted by molar-refractivity contribution is -0.115. The van der Waals surface area contributed by atoms with Crippen LogP contribution in [0.25, 0.3) is 10.9 Å². The number of amides is 1. The average Bonchev–Trinajstić information content (AvgIpc) is 3.58. The molecule has 10 heteroatoms. The van der Waals surface area contributed by atoms with Crippen molar-refractivity contribution in [3.8, 4) is 11.5 Å². The van der Waals surface area contributed by atoms with Crippen LogP contribution in [0.2, 0.25) is 0 Å². The highest BCUT2D eigenvalue weighted by Crippen LogP contribution is 2.33. The van der Waals surface area contributed by atoms with Crippen molar-refractivity contribution in [3.05, 3.63) is 72.2 Å². The van der Waals surface area contributed by atoms with E-state index in [0.717, 1.165) is 11.1 Å². The maximum Gasteiger partial charge on any atom is 0.228 e. The fourth-order valence-corrected chi connectivity index (χ4v) is 6.34. The van der Waals surface area contributed by atoms with E-state index < -0.39 is 15.1 Å². The molecule has 1 fully saturated rings. The minimum atomic E-state index is -3.46. The maximum absolute atomic E-state index is 13.1. The Kier molecular flexibility index (Phi) is 7.17. The summed E-state index contributed by atoms with van der Waals surface area (Å²) in [4.78, 5) is 17.3. The Bertz CT molecular complexity index is 1630. The maximum atomic E-state index is 13.1. The van der Waals surface area contributed by atoms with Gasteiger partial charge in [0.15, 0.2) is 9.84 Å². The smallest absolute Gasteiger partial charge is 0.228 e. The summed E-state index contributed by atoms with van der Waals surface area (Å²) in [5, 5.41) is 10.5. The Hall–Kier alpha value is -3.76. The third kappa shape index (κ3) is 5.81. The lowest BCUT2D eigenvalue weighted by Gasteiger charge is -2.18. The lowest BCUT2D eigenvalue weighted by Crippen LogP contribution is -2.23. The van der Waals surface area contributed by atoms with Crippen LogP contribution in [0, 0.1) is 6.92 Å². The molecule has 0 bridgehead atoms. The number of carbonyl (C=O) groups excluding carboxylic acids is 1. The summed E-state index contributed by atoms with van der Waals surface area (Å²) in [7, 11) is -3.46. The molecule has 1 unspecified atom stereocenters. The number of nitrogens with one attached hydrogen (secondary N) is 2. The van der Waals surface area contributed by atoms with Crippen molar-refractivity contribution in [1.29, 1.82) is 0 Å². The van der Waals surface area contributed by atoms with Gasteiger partial charge >= 0.3 is 0 Å². The number of nitrogens with zero attached hydrogens (tertiary/aromatic N) is 3. The van der Waals surface area contributed by atoms with E-state index in [2.05, 4.69) is 20.7 Å². The van der Waals surface area contributed by atoms with E-state index >= 15 is 0 Å². The van der Waals surface area contributed by atoms with Crippen LogP contribution >= 0.6 is 0 Å². The zero-order valence-corrected chi connectivity index (χ0v) is 23.4. The van der Waals surface area contributed by atoms with Crippen molar-refractivity contribution < 1.29 is 17.9 Å². The van der Waals surface area contributed by atoms with E-state index in [1.165, 1.54) is 0 Å². The summed E-state index contributed by atoms with van der Waals surface area (Å²) in [5.41, 5.74) is 2.84.